The number of aliphatic carboxylic acids is 1. The normalized spacial score (nSPS) is 22.1. The third-order valence-electron chi connectivity index (χ3n) is 3.73. The van der Waals surface area contributed by atoms with Crippen molar-refractivity contribution in [3.05, 3.63) is 0 Å². The van der Waals surface area contributed by atoms with Crippen LogP contribution >= 0.6 is 0 Å². The van der Waals surface area contributed by atoms with E-state index in [0.29, 0.717) is 19.4 Å². The highest BCUT2D eigenvalue weighted by molar-refractivity contribution is 5.88. The van der Waals surface area contributed by atoms with Crippen molar-refractivity contribution in [1.29, 1.82) is 0 Å². The summed E-state index contributed by atoms with van der Waals surface area (Å²) in [5.41, 5.74) is 0. The van der Waals surface area contributed by atoms with Gasteiger partial charge in [0.1, 0.15) is 0 Å². The smallest absolute Gasteiger partial charge is 0.307 e. The van der Waals surface area contributed by atoms with Gasteiger partial charge in [0.25, 0.3) is 0 Å². The highest BCUT2D eigenvalue weighted by Gasteiger charge is 2.37. The van der Waals surface area contributed by atoms with Gasteiger partial charge in [-0.1, -0.05) is 19.8 Å². The molecule has 0 aliphatic heterocycles. The van der Waals surface area contributed by atoms with E-state index >= 15 is 0 Å². The molecule has 0 heterocycles. The summed E-state index contributed by atoms with van der Waals surface area (Å²) in [5, 5.41) is 11.9. The Morgan fingerprint density at radius 3 is 2.35 bits per heavy atom. The summed E-state index contributed by atoms with van der Waals surface area (Å²) in [5.74, 6) is -2.45. The molecule has 2 N–H and O–H groups in total. The number of amides is 2. The molecule has 2 unspecified atom stereocenters. The lowest BCUT2D eigenvalue weighted by atomic mass is 9.78. The second kappa shape index (κ2) is 7.87. The number of rotatable bonds is 6. The number of carboxylic acids is 1. The molecule has 0 aromatic rings. The molecule has 1 aliphatic rings. The lowest BCUT2D eigenvalue weighted by molar-refractivity contribution is -0.152. The maximum Gasteiger partial charge on any atom is 0.307 e. The summed E-state index contributed by atoms with van der Waals surface area (Å²) in [6.45, 7) is 2.53. The van der Waals surface area contributed by atoms with Gasteiger partial charge in [-0.15, -0.1) is 0 Å². The van der Waals surface area contributed by atoms with E-state index in [9.17, 15) is 19.5 Å². The van der Waals surface area contributed by atoms with Crippen LogP contribution in [0.5, 0.6) is 0 Å². The van der Waals surface area contributed by atoms with E-state index in [1.54, 1.807) is 7.05 Å². The molecule has 6 heteroatoms. The molecule has 1 fully saturated rings. The number of carbonyl (C=O) groups is 3. The summed E-state index contributed by atoms with van der Waals surface area (Å²) in [6.07, 6.45) is 3.70. The first-order valence-electron chi connectivity index (χ1n) is 7.21. The molecule has 0 spiro atoms. The number of carbonyl (C=O) groups excluding carboxylic acids is 2. The van der Waals surface area contributed by atoms with Crippen LogP contribution in [0, 0.1) is 11.8 Å². The van der Waals surface area contributed by atoms with Crippen LogP contribution in [0.15, 0.2) is 0 Å². The predicted molar refractivity (Wildman–Crippen MR) is 74.0 cm³/mol. The summed E-state index contributed by atoms with van der Waals surface area (Å²) >= 11 is 0. The van der Waals surface area contributed by atoms with Gasteiger partial charge in [0.05, 0.1) is 18.4 Å². The average molecular weight is 284 g/mol. The fourth-order valence-corrected chi connectivity index (χ4v) is 2.62. The number of carboxylic acid groups (broad SMARTS) is 1. The second-order valence-electron chi connectivity index (χ2n) is 5.38. The minimum Gasteiger partial charge on any atom is -0.481 e. The fraction of sp³-hybridized carbons (Fsp3) is 0.786. The number of hydrogen-bond acceptors (Lipinski definition) is 3. The Labute approximate surface area is 119 Å². The van der Waals surface area contributed by atoms with Gasteiger partial charge in [0.15, 0.2) is 0 Å². The summed E-state index contributed by atoms with van der Waals surface area (Å²) < 4.78 is 0. The molecule has 114 valence electrons. The van der Waals surface area contributed by atoms with E-state index in [1.165, 1.54) is 4.90 Å². The van der Waals surface area contributed by atoms with Crippen LogP contribution in [0.2, 0.25) is 0 Å². The molecule has 0 aromatic heterocycles. The zero-order chi connectivity index (χ0) is 15.1. The van der Waals surface area contributed by atoms with Crippen molar-refractivity contribution in [2.45, 2.75) is 39.0 Å². The quantitative estimate of drug-likeness (QED) is 0.757. The zero-order valence-electron chi connectivity index (χ0n) is 12.2. The van der Waals surface area contributed by atoms with Gasteiger partial charge in [-0.3, -0.25) is 14.4 Å². The summed E-state index contributed by atoms with van der Waals surface area (Å²) in [4.78, 5) is 36.4. The van der Waals surface area contributed by atoms with Gasteiger partial charge in [0, 0.05) is 13.6 Å². The van der Waals surface area contributed by atoms with Crippen molar-refractivity contribution < 1.29 is 19.5 Å². The Kier molecular flexibility index (Phi) is 6.48. The first kappa shape index (κ1) is 16.5. The molecule has 0 bridgehead atoms. The number of likely N-dealkylation sites (N-methyl/N-ethyl adjacent to an activating group) is 1. The molecule has 1 aliphatic carbocycles. The van der Waals surface area contributed by atoms with Gasteiger partial charge < -0.3 is 15.3 Å². The molecule has 1 rings (SSSR count). The Bertz CT molecular complexity index is 370. The molecule has 0 saturated heterocycles. The van der Waals surface area contributed by atoms with Crippen LogP contribution < -0.4 is 5.32 Å². The standard InChI is InChI=1S/C14H24N2O4/c1-3-8-15-12(17)9-16(2)13(18)10-6-4-5-7-11(10)14(19)20/h10-11H,3-9H2,1-2H3,(H,15,17)(H,19,20). The maximum atomic E-state index is 12.3. The number of hydrogen-bond donors (Lipinski definition) is 2. The molecule has 2 amide bonds. The zero-order valence-corrected chi connectivity index (χ0v) is 12.2. The fourth-order valence-electron chi connectivity index (χ4n) is 2.62. The topological polar surface area (TPSA) is 86.7 Å². The second-order valence-corrected chi connectivity index (χ2v) is 5.38. The average Bonchev–Trinajstić information content (AvgIpc) is 2.44. The molecule has 6 nitrogen and oxygen atoms in total. The van der Waals surface area contributed by atoms with Gasteiger partial charge in [-0.05, 0) is 19.3 Å². The Morgan fingerprint density at radius 1 is 1.20 bits per heavy atom. The van der Waals surface area contributed by atoms with Crippen LogP contribution in [0.4, 0.5) is 0 Å². The lowest BCUT2D eigenvalue weighted by Gasteiger charge is -2.30. The molecular formula is C14H24N2O4. The maximum absolute atomic E-state index is 12.3. The van der Waals surface area contributed by atoms with Gasteiger partial charge in [-0.2, -0.15) is 0 Å². The van der Waals surface area contributed by atoms with Crippen molar-refractivity contribution in [3.63, 3.8) is 0 Å². The third-order valence-corrected chi connectivity index (χ3v) is 3.73. The van der Waals surface area contributed by atoms with Crippen LogP contribution in [0.3, 0.4) is 0 Å². The first-order chi connectivity index (χ1) is 9.47. The van der Waals surface area contributed by atoms with E-state index in [1.807, 2.05) is 6.92 Å². The van der Waals surface area contributed by atoms with E-state index in [2.05, 4.69) is 5.32 Å². The van der Waals surface area contributed by atoms with Gasteiger partial charge in [-0.25, -0.2) is 0 Å². The van der Waals surface area contributed by atoms with Crippen LogP contribution in [-0.2, 0) is 14.4 Å². The molecule has 0 radical (unpaired) electrons. The molecule has 20 heavy (non-hydrogen) atoms. The molecule has 2 atom stereocenters. The van der Waals surface area contributed by atoms with Crippen LogP contribution in [0.1, 0.15) is 39.0 Å². The van der Waals surface area contributed by atoms with E-state index in [4.69, 9.17) is 0 Å². The monoisotopic (exact) mass is 284 g/mol. The summed E-state index contributed by atoms with van der Waals surface area (Å²) in [7, 11) is 1.56. The first-order valence-corrected chi connectivity index (χ1v) is 7.21. The van der Waals surface area contributed by atoms with Gasteiger partial charge in [0.2, 0.25) is 11.8 Å². The highest BCUT2D eigenvalue weighted by Crippen LogP contribution is 2.31. The highest BCUT2D eigenvalue weighted by atomic mass is 16.4. The Balaban J connectivity index is 2.57. The Hall–Kier alpha value is -1.59. The van der Waals surface area contributed by atoms with E-state index in [-0.39, 0.29) is 18.4 Å². The molecule has 1 saturated carbocycles. The van der Waals surface area contributed by atoms with Crippen LogP contribution in [0.25, 0.3) is 0 Å². The number of nitrogens with zero attached hydrogens (tertiary/aromatic N) is 1. The van der Waals surface area contributed by atoms with Crippen molar-refractivity contribution >= 4 is 17.8 Å². The van der Waals surface area contributed by atoms with E-state index in [0.717, 1.165) is 19.3 Å². The van der Waals surface area contributed by atoms with Crippen molar-refractivity contribution in [2.24, 2.45) is 11.8 Å². The minimum atomic E-state index is -0.910. The van der Waals surface area contributed by atoms with Gasteiger partial charge >= 0.3 is 5.97 Å². The lowest BCUT2D eigenvalue weighted by Crippen LogP contribution is -2.44. The van der Waals surface area contributed by atoms with E-state index < -0.39 is 17.8 Å². The minimum absolute atomic E-state index is 0.0122. The summed E-state index contributed by atoms with van der Waals surface area (Å²) in [6, 6.07) is 0. The molecule has 0 aromatic carbocycles. The third kappa shape index (κ3) is 4.51. The van der Waals surface area contributed by atoms with Crippen molar-refractivity contribution in [1.82, 2.24) is 10.2 Å². The SMILES string of the molecule is CCCNC(=O)CN(C)C(=O)C1CCCCC1C(=O)O. The largest absolute Gasteiger partial charge is 0.481 e. The number of nitrogens with one attached hydrogen (secondary N) is 1. The van der Waals surface area contributed by atoms with Crippen molar-refractivity contribution in [3.8, 4) is 0 Å². The van der Waals surface area contributed by atoms with Crippen molar-refractivity contribution in [2.75, 3.05) is 20.1 Å². The van der Waals surface area contributed by atoms with Crippen LogP contribution in [-0.4, -0.2) is 47.9 Å². The molecular weight excluding hydrogens is 260 g/mol. The predicted octanol–water partition coefficient (Wildman–Crippen LogP) is 0.862. The Morgan fingerprint density at radius 2 is 1.80 bits per heavy atom.